The summed E-state index contributed by atoms with van der Waals surface area (Å²) >= 11 is 0. The lowest BCUT2D eigenvalue weighted by molar-refractivity contribution is 0.118. The van der Waals surface area contributed by atoms with Crippen molar-refractivity contribution in [3.63, 3.8) is 0 Å². The van der Waals surface area contributed by atoms with Crippen LogP contribution in [0.2, 0.25) is 0 Å². The van der Waals surface area contributed by atoms with Crippen LogP contribution < -0.4 is 5.32 Å². The van der Waals surface area contributed by atoms with E-state index in [0.717, 1.165) is 6.42 Å². The number of hydrogen-bond donors (Lipinski definition) is 2. The van der Waals surface area contributed by atoms with E-state index in [1.165, 1.54) is 0 Å². The van der Waals surface area contributed by atoms with Crippen molar-refractivity contribution in [2.75, 3.05) is 13.2 Å². The average molecular weight is 173 g/mol. The van der Waals surface area contributed by atoms with Crippen molar-refractivity contribution >= 4 is 0 Å². The Kier molecular flexibility index (Phi) is 3.09. The molecular formula is C9H19NO2. The molecule has 3 nitrogen and oxygen atoms in total. The van der Waals surface area contributed by atoms with E-state index in [-0.39, 0.29) is 17.7 Å². The molecule has 0 aromatic heterocycles. The van der Waals surface area contributed by atoms with Crippen LogP contribution in [0.1, 0.15) is 27.2 Å². The number of aliphatic hydroxyl groups excluding tert-OH is 1. The van der Waals surface area contributed by atoms with Crippen LogP contribution in [0.5, 0.6) is 0 Å². The second-order valence-electron chi connectivity index (χ2n) is 4.09. The Morgan fingerprint density at radius 2 is 2.17 bits per heavy atom. The topological polar surface area (TPSA) is 41.5 Å². The van der Waals surface area contributed by atoms with Crippen LogP contribution in [0.15, 0.2) is 0 Å². The molecule has 1 aliphatic heterocycles. The van der Waals surface area contributed by atoms with Crippen LogP contribution in [-0.4, -0.2) is 36.0 Å². The van der Waals surface area contributed by atoms with Crippen LogP contribution in [-0.2, 0) is 4.74 Å². The number of aliphatic hydroxyl groups is 1. The van der Waals surface area contributed by atoms with Gasteiger partial charge < -0.3 is 15.2 Å². The van der Waals surface area contributed by atoms with E-state index in [4.69, 9.17) is 4.74 Å². The molecule has 0 aromatic carbocycles. The normalized spacial score (nSPS) is 31.0. The maximum atomic E-state index is 9.46. The van der Waals surface area contributed by atoms with E-state index in [0.29, 0.717) is 13.2 Å². The lowest BCUT2D eigenvalue weighted by atomic mass is 10.00. The molecule has 0 amide bonds. The summed E-state index contributed by atoms with van der Waals surface area (Å²) in [5, 5.41) is 12.8. The summed E-state index contributed by atoms with van der Waals surface area (Å²) in [6, 6.07) is 0.111. The first-order chi connectivity index (χ1) is 5.55. The Bertz CT molecular complexity index is 147. The van der Waals surface area contributed by atoms with Crippen LogP contribution in [0.4, 0.5) is 0 Å². The Hall–Kier alpha value is -0.120. The first-order valence-electron chi connectivity index (χ1n) is 4.58. The predicted octanol–water partition coefficient (Wildman–Crippen LogP) is 0.524. The smallest absolute Gasteiger partial charge is 0.0948 e. The first kappa shape index (κ1) is 9.96. The highest BCUT2D eigenvalue weighted by Crippen LogP contribution is 2.13. The zero-order chi connectivity index (χ0) is 9.19. The monoisotopic (exact) mass is 173 g/mol. The third kappa shape index (κ3) is 2.44. The quantitative estimate of drug-likeness (QED) is 0.654. The molecular weight excluding hydrogens is 154 g/mol. The van der Waals surface area contributed by atoms with E-state index >= 15 is 0 Å². The third-order valence-electron chi connectivity index (χ3n) is 2.51. The second-order valence-corrected chi connectivity index (χ2v) is 4.09. The minimum Gasteiger partial charge on any atom is -0.389 e. The van der Waals surface area contributed by atoms with Gasteiger partial charge in [-0.2, -0.15) is 0 Å². The summed E-state index contributed by atoms with van der Waals surface area (Å²) in [4.78, 5) is 0. The van der Waals surface area contributed by atoms with Gasteiger partial charge in [-0.1, -0.05) is 6.92 Å². The molecule has 0 bridgehead atoms. The zero-order valence-electron chi connectivity index (χ0n) is 8.13. The molecule has 1 fully saturated rings. The summed E-state index contributed by atoms with van der Waals surface area (Å²) in [5.41, 5.74) is 0.0966. The van der Waals surface area contributed by atoms with E-state index < -0.39 is 0 Å². The van der Waals surface area contributed by atoms with Gasteiger partial charge in [0.1, 0.15) is 0 Å². The van der Waals surface area contributed by atoms with Gasteiger partial charge in [-0.05, 0) is 20.3 Å². The van der Waals surface area contributed by atoms with Crippen molar-refractivity contribution in [2.24, 2.45) is 0 Å². The lowest BCUT2D eigenvalue weighted by Gasteiger charge is -2.29. The summed E-state index contributed by atoms with van der Waals surface area (Å²) in [5.74, 6) is 0. The average Bonchev–Trinajstić information content (AvgIpc) is 2.36. The van der Waals surface area contributed by atoms with E-state index in [1.54, 1.807) is 0 Å². The molecule has 1 heterocycles. The molecule has 0 aliphatic carbocycles. The van der Waals surface area contributed by atoms with Crippen LogP contribution in [0.25, 0.3) is 0 Å². The van der Waals surface area contributed by atoms with Gasteiger partial charge in [-0.15, -0.1) is 0 Å². The lowest BCUT2D eigenvalue weighted by Crippen LogP contribution is -2.50. The predicted molar refractivity (Wildman–Crippen MR) is 48.1 cm³/mol. The van der Waals surface area contributed by atoms with Gasteiger partial charge in [0.2, 0.25) is 0 Å². The van der Waals surface area contributed by atoms with Gasteiger partial charge in [-0.25, -0.2) is 0 Å². The standard InChI is InChI=1S/C9H19NO2/c1-4-9(2,3)10-7-5-12-6-8(7)11/h7-8,10-11H,4-6H2,1-3H3. The van der Waals surface area contributed by atoms with Gasteiger partial charge in [0.25, 0.3) is 0 Å². The summed E-state index contributed by atoms with van der Waals surface area (Å²) in [6.45, 7) is 7.51. The summed E-state index contributed by atoms with van der Waals surface area (Å²) in [6.07, 6.45) is 0.715. The third-order valence-corrected chi connectivity index (χ3v) is 2.51. The second kappa shape index (κ2) is 3.73. The largest absolute Gasteiger partial charge is 0.389 e. The Labute approximate surface area is 74.1 Å². The van der Waals surface area contributed by atoms with Crippen molar-refractivity contribution in [1.82, 2.24) is 5.32 Å². The van der Waals surface area contributed by atoms with Gasteiger partial charge >= 0.3 is 0 Å². The highest BCUT2D eigenvalue weighted by molar-refractivity contribution is 4.87. The molecule has 0 radical (unpaired) electrons. The molecule has 1 aliphatic rings. The molecule has 3 heteroatoms. The minimum absolute atomic E-state index is 0.0966. The molecule has 0 saturated carbocycles. The number of nitrogens with one attached hydrogen (secondary N) is 1. The number of hydrogen-bond acceptors (Lipinski definition) is 3. The molecule has 72 valence electrons. The van der Waals surface area contributed by atoms with Crippen molar-refractivity contribution in [1.29, 1.82) is 0 Å². The van der Waals surface area contributed by atoms with Crippen molar-refractivity contribution in [2.45, 2.75) is 44.9 Å². The number of rotatable bonds is 3. The van der Waals surface area contributed by atoms with E-state index in [1.807, 2.05) is 0 Å². The molecule has 12 heavy (non-hydrogen) atoms. The zero-order valence-corrected chi connectivity index (χ0v) is 8.13. The van der Waals surface area contributed by atoms with Crippen LogP contribution in [0.3, 0.4) is 0 Å². The molecule has 0 spiro atoms. The molecule has 1 rings (SSSR count). The fraction of sp³-hybridized carbons (Fsp3) is 1.00. The highest BCUT2D eigenvalue weighted by Gasteiger charge is 2.30. The maximum Gasteiger partial charge on any atom is 0.0948 e. The minimum atomic E-state index is -0.337. The van der Waals surface area contributed by atoms with Gasteiger partial charge in [0.05, 0.1) is 25.4 Å². The maximum absolute atomic E-state index is 9.46. The Morgan fingerprint density at radius 3 is 2.58 bits per heavy atom. The summed E-state index contributed by atoms with van der Waals surface area (Å²) in [7, 11) is 0. The fourth-order valence-electron chi connectivity index (χ4n) is 1.28. The molecule has 1 saturated heterocycles. The fourth-order valence-corrected chi connectivity index (χ4v) is 1.28. The van der Waals surface area contributed by atoms with Crippen LogP contribution in [0, 0.1) is 0 Å². The molecule has 2 unspecified atom stereocenters. The SMILES string of the molecule is CCC(C)(C)NC1COCC1O. The van der Waals surface area contributed by atoms with Crippen molar-refractivity contribution < 1.29 is 9.84 Å². The number of ether oxygens (including phenoxy) is 1. The van der Waals surface area contributed by atoms with Gasteiger partial charge in [0.15, 0.2) is 0 Å². The van der Waals surface area contributed by atoms with E-state index in [2.05, 4.69) is 26.1 Å². The molecule has 2 N–H and O–H groups in total. The van der Waals surface area contributed by atoms with Crippen molar-refractivity contribution in [3.8, 4) is 0 Å². The first-order valence-corrected chi connectivity index (χ1v) is 4.58. The highest BCUT2D eigenvalue weighted by atomic mass is 16.5. The summed E-state index contributed by atoms with van der Waals surface area (Å²) < 4.78 is 5.15. The Morgan fingerprint density at radius 1 is 1.50 bits per heavy atom. The molecule has 0 aromatic rings. The van der Waals surface area contributed by atoms with Gasteiger partial charge in [0, 0.05) is 5.54 Å². The van der Waals surface area contributed by atoms with E-state index in [9.17, 15) is 5.11 Å². The van der Waals surface area contributed by atoms with Gasteiger partial charge in [-0.3, -0.25) is 0 Å². The van der Waals surface area contributed by atoms with Crippen molar-refractivity contribution in [3.05, 3.63) is 0 Å². The molecule has 2 atom stereocenters. The van der Waals surface area contributed by atoms with Crippen LogP contribution >= 0.6 is 0 Å². The Balaban J connectivity index is 2.39.